The first kappa shape index (κ1) is 14.9. The van der Waals surface area contributed by atoms with Gasteiger partial charge in [0.1, 0.15) is 5.75 Å². The van der Waals surface area contributed by atoms with Crippen LogP contribution in [0.4, 0.5) is 0 Å². The molecule has 0 spiro atoms. The van der Waals surface area contributed by atoms with Gasteiger partial charge in [-0.3, -0.25) is 0 Å². The lowest BCUT2D eigenvalue weighted by atomic mass is 10.1. The summed E-state index contributed by atoms with van der Waals surface area (Å²) in [4.78, 5) is 1.31. The number of rotatable bonds is 7. The Balaban J connectivity index is 2.02. The molecule has 0 aliphatic heterocycles. The fraction of sp³-hybridized carbons (Fsp3) is 0.294. The Labute approximate surface area is 125 Å². The van der Waals surface area contributed by atoms with E-state index in [1.54, 1.807) is 7.11 Å². The second-order valence-electron chi connectivity index (χ2n) is 4.51. The van der Waals surface area contributed by atoms with E-state index in [2.05, 4.69) is 54.7 Å². The van der Waals surface area contributed by atoms with Gasteiger partial charge in [-0.1, -0.05) is 37.3 Å². The number of hydrogen-bond acceptors (Lipinski definition) is 3. The van der Waals surface area contributed by atoms with Gasteiger partial charge in [-0.2, -0.15) is 0 Å². The standard InChI is InChI=1S/C17H21NOS/c1-3-18-17(13-20-16-7-5-4-6-8-16)14-9-11-15(19-2)12-10-14/h4-12,17-18H,3,13H2,1-2H3. The fourth-order valence-electron chi connectivity index (χ4n) is 2.05. The number of hydrogen-bond donors (Lipinski definition) is 1. The molecule has 0 amide bonds. The zero-order valence-electron chi connectivity index (χ0n) is 12.0. The van der Waals surface area contributed by atoms with Gasteiger partial charge in [0.25, 0.3) is 0 Å². The predicted molar refractivity (Wildman–Crippen MR) is 86.6 cm³/mol. The molecule has 0 saturated carbocycles. The van der Waals surface area contributed by atoms with Gasteiger partial charge < -0.3 is 10.1 Å². The third kappa shape index (κ3) is 4.29. The average molecular weight is 287 g/mol. The van der Waals surface area contributed by atoms with Crippen molar-refractivity contribution in [2.24, 2.45) is 0 Å². The van der Waals surface area contributed by atoms with Crippen molar-refractivity contribution in [1.29, 1.82) is 0 Å². The molecule has 2 aromatic carbocycles. The molecule has 3 heteroatoms. The first-order valence-electron chi connectivity index (χ1n) is 6.88. The summed E-state index contributed by atoms with van der Waals surface area (Å²) in [6.45, 7) is 3.11. The highest BCUT2D eigenvalue weighted by Crippen LogP contribution is 2.25. The lowest BCUT2D eigenvalue weighted by Gasteiger charge is -2.18. The maximum absolute atomic E-state index is 5.21. The highest BCUT2D eigenvalue weighted by molar-refractivity contribution is 7.99. The van der Waals surface area contributed by atoms with Crippen LogP contribution in [0.2, 0.25) is 0 Å². The summed E-state index contributed by atoms with van der Waals surface area (Å²) in [5.41, 5.74) is 1.30. The van der Waals surface area contributed by atoms with Crippen LogP contribution in [-0.2, 0) is 0 Å². The Morgan fingerprint density at radius 3 is 2.35 bits per heavy atom. The van der Waals surface area contributed by atoms with Crippen molar-refractivity contribution in [1.82, 2.24) is 5.32 Å². The molecule has 0 bridgehead atoms. The Hall–Kier alpha value is -1.45. The van der Waals surface area contributed by atoms with Crippen LogP contribution >= 0.6 is 11.8 Å². The van der Waals surface area contributed by atoms with Crippen LogP contribution in [-0.4, -0.2) is 19.4 Å². The topological polar surface area (TPSA) is 21.3 Å². The Morgan fingerprint density at radius 1 is 1.05 bits per heavy atom. The van der Waals surface area contributed by atoms with Crippen LogP contribution in [0.15, 0.2) is 59.5 Å². The molecule has 20 heavy (non-hydrogen) atoms. The van der Waals surface area contributed by atoms with Crippen molar-refractivity contribution < 1.29 is 4.74 Å². The summed E-state index contributed by atoms with van der Waals surface area (Å²) in [5, 5.41) is 3.54. The molecule has 1 N–H and O–H groups in total. The first-order chi connectivity index (χ1) is 9.83. The van der Waals surface area contributed by atoms with E-state index in [0.717, 1.165) is 18.0 Å². The van der Waals surface area contributed by atoms with Crippen LogP contribution in [0.3, 0.4) is 0 Å². The average Bonchev–Trinajstić information content (AvgIpc) is 2.52. The second-order valence-corrected chi connectivity index (χ2v) is 5.60. The van der Waals surface area contributed by atoms with Gasteiger partial charge in [-0.05, 0) is 36.4 Å². The minimum absolute atomic E-state index is 0.358. The molecule has 2 rings (SSSR count). The third-order valence-electron chi connectivity index (χ3n) is 3.13. The highest BCUT2D eigenvalue weighted by Gasteiger charge is 2.10. The number of ether oxygens (including phenoxy) is 1. The SMILES string of the molecule is CCNC(CSc1ccccc1)c1ccc(OC)cc1. The van der Waals surface area contributed by atoms with Crippen LogP contribution in [0.1, 0.15) is 18.5 Å². The molecule has 2 nitrogen and oxygen atoms in total. The van der Waals surface area contributed by atoms with Crippen molar-refractivity contribution in [3.05, 3.63) is 60.2 Å². The van der Waals surface area contributed by atoms with E-state index in [1.807, 2.05) is 23.9 Å². The van der Waals surface area contributed by atoms with Gasteiger partial charge in [0.05, 0.1) is 7.11 Å². The summed E-state index contributed by atoms with van der Waals surface area (Å²) in [6.07, 6.45) is 0. The van der Waals surface area contributed by atoms with Crippen molar-refractivity contribution >= 4 is 11.8 Å². The van der Waals surface area contributed by atoms with Gasteiger partial charge >= 0.3 is 0 Å². The van der Waals surface area contributed by atoms with Crippen LogP contribution in [0.25, 0.3) is 0 Å². The molecule has 0 aromatic heterocycles. The molecule has 106 valence electrons. The zero-order chi connectivity index (χ0) is 14.2. The number of methoxy groups -OCH3 is 1. The third-order valence-corrected chi connectivity index (χ3v) is 4.23. The van der Waals surface area contributed by atoms with Gasteiger partial charge in [-0.15, -0.1) is 11.8 Å². The van der Waals surface area contributed by atoms with E-state index in [0.29, 0.717) is 6.04 Å². The van der Waals surface area contributed by atoms with Gasteiger partial charge in [0.15, 0.2) is 0 Å². The Bertz CT molecular complexity index is 498. The van der Waals surface area contributed by atoms with Crippen molar-refractivity contribution in [3.8, 4) is 5.75 Å². The van der Waals surface area contributed by atoms with Crippen LogP contribution in [0.5, 0.6) is 5.75 Å². The molecule has 1 unspecified atom stereocenters. The number of benzene rings is 2. The van der Waals surface area contributed by atoms with E-state index in [9.17, 15) is 0 Å². The van der Waals surface area contributed by atoms with Gasteiger partial charge in [0.2, 0.25) is 0 Å². The summed E-state index contributed by atoms with van der Waals surface area (Å²) in [6, 6.07) is 19.2. The van der Waals surface area contributed by atoms with Crippen LogP contribution in [0, 0.1) is 0 Å². The molecule has 0 saturated heterocycles. The zero-order valence-corrected chi connectivity index (χ0v) is 12.8. The minimum atomic E-state index is 0.358. The second kappa shape index (κ2) is 7.98. The molecule has 2 aromatic rings. The lowest BCUT2D eigenvalue weighted by Crippen LogP contribution is -2.22. The molecule has 0 aliphatic rings. The van der Waals surface area contributed by atoms with E-state index in [-0.39, 0.29) is 0 Å². The number of nitrogens with one attached hydrogen (secondary N) is 1. The summed E-state index contributed by atoms with van der Waals surface area (Å²) in [7, 11) is 1.70. The van der Waals surface area contributed by atoms with Gasteiger partial charge in [0, 0.05) is 16.7 Å². The molecule has 0 fully saturated rings. The smallest absolute Gasteiger partial charge is 0.118 e. The van der Waals surface area contributed by atoms with Crippen molar-refractivity contribution in [3.63, 3.8) is 0 Å². The van der Waals surface area contributed by atoms with E-state index < -0.39 is 0 Å². The highest BCUT2D eigenvalue weighted by atomic mass is 32.2. The predicted octanol–water partition coefficient (Wildman–Crippen LogP) is 4.14. The monoisotopic (exact) mass is 287 g/mol. The van der Waals surface area contributed by atoms with E-state index in [4.69, 9.17) is 4.74 Å². The van der Waals surface area contributed by atoms with E-state index >= 15 is 0 Å². The summed E-state index contributed by atoms with van der Waals surface area (Å²) in [5.74, 6) is 1.92. The maximum Gasteiger partial charge on any atom is 0.118 e. The molecule has 0 radical (unpaired) electrons. The molecular weight excluding hydrogens is 266 g/mol. The first-order valence-corrected chi connectivity index (χ1v) is 7.87. The van der Waals surface area contributed by atoms with Crippen molar-refractivity contribution in [2.75, 3.05) is 19.4 Å². The normalized spacial score (nSPS) is 12.1. The lowest BCUT2D eigenvalue weighted by molar-refractivity contribution is 0.414. The molecular formula is C17H21NOS. The quantitative estimate of drug-likeness (QED) is 0.773. The minimum Gasteiger partial charge on any atom is -0.497 e. The van der Waals surface area contributed by atoms with E-state index in [1.165, 1.54) is 10.5 Å². The molecule has 0 aliphatic carbocycles. The Kier molecular flexibility index (Phi) is 5.96. The summed E-state index contributed by atoms with van der Waals surface area (Å²) < 4.78 is 5.21. The molecule has 1 atom stereocenters. The van der Waals surface area contributed by atoms with Crippen molar-refractivity contribution in [2.45, 2.75) is 17.9 Å². The van der Waals surface area contributed by atoms with Crippen LogP contribution < -0.4 is 10.1 Å². The Morgan fingerprint density at radius 2 is 1.75 bits per heavy atom. The van der Waals surface area contributed by atoms with Gasteiger partial charge in [-0.25, -0.2) is 0 Å². The number of thioether (sulfide) groups is 1. The molecule has 0 heterocycles. The largest absolute Gasteiger partial charge is 0.497 e. The summed E-state index contributed by atoms with van der Waals surface area (Å²) >= 11 is 1.88. The fourth-order valence-corrected chi connectivity index (χ4v) is 3.07. The maximum atomic E-state index is 5.21.